The SMILES string of the molecule is O=c1c(Nc2ccncn2)cc(Cl)c2n1C1(CCN(CCO)CC1)NC2O. The first-order valence-electron chi connectivity index (χ1n) is 8.82. The second kappa shape index (κ2) is 7.17. The zero-order chi connectivity index (χ0) is 19.0. The van der Waals surface area contributed by atoms with Crippen LogP contribution < -0.4 is 16.2 Å². The van der Waals surface area contributed by atoms with Crippen molar-refractivity contribution in [2.45, 2.75) is 24.7 Å². The summed E-state index contributed by atoms with van der Waals surface area (Å²) in [5.41, 5.74) is -0.307. The lowest BCUT2D eigenvalue weighted by Crippen LogP contribution is -2.54. The number of aliphatic hydroxyl groups is 2. The predicted molar refractivity (Wildman–Crippen MR) is 99.9 cm³/mol. The molecular weight excluding hydrogens is 372 g/mol. The third-order valence-corrected chi connectivity index (χ3v) is 5.53. The van der Waals surface area contributed by atoms with Gasteiger partial charge in [0.05, 0.1) is 17.3 Å². The lowest BCUT2D eigenvalue weighted by atomic mass is 9.97. The Bertz CT molecular complexity index is 882. The van der Waals surface area contributed by atoms with Crippen molar-refractivity contribution in [1.29, 1.82) is 0 Å². The van der Waals surface area contributed by atoms with E-state index in [4.69, 9.17) is 16.7 Å². The fourth-order valence-corrected chi connectivity index (χ4v) is 4.21. The number of hydrogen-bond donors (Lipinski definition) is 4. The van der Waals surface area contributed by atoms with Crippen LogP contribution in [0.4, 0.5) is 11.5 Å². The number of likely N-dealkylation sites (tertiary alicyclic amines) is 1. The minimum atomic E-state index is -1.01. The Hall–Kier alpha value is -2.04. The molecule has 0 amide bonds. The highest BCUT2D eigenvalue weighted by Crippen LogP contribution is 2.39. The first kappa shape index (κ1) is 18.3. The van der Waals surface area contributed by atoms with Crippen LogP contribution in [0.5, 0.6) is 0 Å². The van der Waals surface area contributed by atoms with Gasteiger partial charge >= 0.3 is 0 Å². The summed E-state index contributed by atoms with van der Waals surface area (Å²) in [6, 6.07) is 3.17. The smallest absolute Gasteiger partial charge is 0.276 e. The van der Waals surface area contributed by atoms with Crippen LogP contribution in [-0.4, -0.2) is 55.9 Å². The summed E-state index contributed by atoms with van der Waals surface area (Å²) in [6.07, 6.45) is 3.18. The minimum absolute atomic E-state index is 0.0957. The number of fused-ring (bicyclic) bond motifs is 2. The maximum absolute atomic E-state index is 13.2. The van der Waals surface area contributed by atoms with Gasteiger partial charge in [-0.05, 0) is 25.0 Å². The zero-order valence-electron chi connectivity index (χ0n) is 14.6. The number of pyridine rings is 1. The van der Waals surface area contributed by atoms with E-state index in [-0.39, 0.29) is 17.9 Å². The maximum Gasteiger partial charge on any atom is 0.276 e. The average molecular weight is 393 g/mol. The molecule has 2 aliphatic rings. The number of aliphatic hydroxyl groups excluding tert-OH is 2. The van der Waals surface area contributed by atoms with E-state index in [9.17, 15) is 9.90 Å². The number of hydrogen-bond acceptors (Lipinski definition) is 8. The number of piperidine rings is 1. The summed E-state index contributed by atoms with van der Waals surface area (Å²) in [6.45, 7) is 2.09. The first-order chi connectivity index (χ1) is 13.0. The van der Waals surface area contributed by atoms with Crippen molar-refractivity contribution in [2.75, 3.05) is 31.6 Å². The summed E-state index contributed by atoms with van der Waals surface area (Å²) >= 11 is 6.41. The number of nitrogens with one attached hydrogen (secondary N) is 2. The third-order valence-electron chi connectivity index (χ3n) is 5.23. The van der Waals surface area contributed by atoms with Gasteiger partial charge in [-0.25, -0.2) is 9.97 Å². The standard InChI is InChI=1S/C17H21ClN6O3/c18-11-9-12(21-13-1-4-19-10-20-13)16(27)24-14(11)15(26)22-17(24)2-5-23(6-3-17)7-8-25/h1,4,9-10,15,22,25-26H,2-3,5-8H2,(H,19,20,21). The molecular formula is C17H21ClN6O3. The molecule has 1 unspecified atom stereocenters. The first-order valence-corrected chi connectivity index (χ1v) is 9.20. The molecule has 2 aromatic rings. The van der Waals surface area contributed by atoms with Crippen molar-refractivity contribution < 1.29 is 10.2 Å². The highest BCUT2D eigenvalue weighted by Gasteiger charge is 2.46. The van der Waals surface area contributed by atoms with Gasteiger partial charge in [-0.15, -0.1) is 0 Å². The van der Waals surface area contributed by atoms with Gasteiger partial charge in [0.1, 0.15) is 29.7 Å². The van der Waals surface area contributed by atoms with Gasteiger partial charge in [0.15, 0.2) is 0 Å². The van der Waals surface area contributed by atoms with Crippen LogP contribution in [-0.2, 0) is 5.66 Å². The minimum Gasteiger partial charge on any atom is -0.395 e. The van der Waals surface area contributed by atoms with Crippen LogP contribution in [0.1, 0.15) is 24.8 Å². The Morgan fingerprint density at radius 2 is 2.19 bits per heavy atom. The van der Waals surface area contributed by atoms with E-state index >= 15 is 0 Å². The van der Waals surface area contributed by atoms with Crippen LogP contribution in [0.2, 0.25) is 5.02 Å². The van der Waals surface area contributed by atoms with Crippen LogP contribution in [0.25, 0.3) is 0 Å². The summed E-state index contributed by atoms with van der Waals surface area (Å²) in [5, 5.41) is 26.1. The molecule has 10 heteroatoms. The normalized spacial score (nSPS) is 21.4. The van der Waals surface area contributed by atoms with Crippen molar-refractivity contribution in [1.82, 2.24) is 24.8 Å². The Balaban J connectivity index is 1.73. The van der Waals surface area contributed by atoms with Gasteiger partial charge in [-0.1, -0.05) is 11.6 Å². The van der Waals surface area contributed by atoms with E-state index in [1.807, 2.05) is 0 Å². The van der Waals surface area contributed by atoms with Crippen LogP contribution in [0, 0.1) is 0 Å². The van der Waals surface area contributed by atoms with Gasteiger partial charge in [0.25, 0.3) is 5.56 Å². The molecule has 0 bridgehead atoms. The van der Waals surface area contributed by atoms with Crippen molar-refractivity contribution in [2.24, 2.45) is 0 Å². The van der Waals surface area contributed by atoms with Gasteiger partial charge in [-0.2, -0.15) is 0 Å². The Morgan fingerprint density at radius 1 is 1.41 bits per heavy atom. The van der Waals surface area contributed by atoms with Crippen LogP contribution in [0.3, 0.4) is 0 Å². The lowest BCUT2D eigenvalue weighted by Gasteiger charge is -2.40. The molecule has 4 N–H and O–H groups in total. The molecule has 9 nitrogen and oxygen atoms in total. The largest absolute Gasteiger partial charge is 0.395 e. The average Bonchev–Trinajstić information content (AvgIpc) is 2.95. The van der Waals surface area contributed by atoms with E-state index < -0.39 is 11.9 Å². The molecule has 27 heavy (non-hydrogen) atoms. The molecule has 1 spiro atoms. The maximum atomic E-state index is 13.2. The number of halogens is 1. The lowest BCUT2D eigenvalue weighted by molar-refractivity contribution is 0.0441. The Kier molecular flexibility index (Phi) is 4.87. The van der Waals surface area contributed by atoms with Crippen LogP contribution in [0.15, 0.2) is 29.5 Å². The highest BCUT2D eigenvalue weighted by atomic mass is 35.5. The van der Waals surface area contributed by atoms with Crippen molar-refractivity contribution in [3.8, 4) is 0 Å². The molecule has 144 valence electrons. The molecule has 2 aromatic heterocycles. The molecule has 1 saturated heterocycles. The van der Waals surface area contributed by atoms with Gasteiger partial charge in [-0.3, -0.25) is 14.7 Å². The molecule has 1 fully saturated rings. The number of β-amino-alcohol motifs (C(OH)–C–C–N with tert-alkyl or cyclic N) is 1. The van der Waals surface area contributed by atoms with E-state index in [1.54, 1.807) is 16.8 Å². The number of anilines is 2. The molecule has 0 aromatic carbocycles. The molecule has 2 aliphatic heterocycles. The quantitative estimate of drug-likeness (QED) is 0.590. The molecule has 0 aliphatic carbocycles. The number of nitrogens with zero attached hydrogens (tertiary/aromatic N) is 4. The van der Waals surface area contributed by atoms with Crippen molar-refractivity contribution in [3.05, 3.63) is 45.7 Å². The fourth-order valence-electron chi connectivity index (χ4n) is 3.91. The van der Waals surface area contributed by atoms with Gasteiger partial charge in [0, 0.05) is 25.8 Å². The van der Waals surface area contributed by atoms with E-state index in [0.29, 0.717) is 49.0 Å². The number of rotatable bonds is 4. The zero-order valence-corrected chi connectivity index (χ0v) is 15.4. The Labute approximate surface area is 160 Å². The molecule has 0 saturated carbocycles. The molecule has 4 heterocycles. The van der Waals surface area contributed by atoms with Gasteiger partial charge < -0.3 is 20.4 Å². The fraction of sp³-hybridized carbons (Fsp3) is 0.471. The van der Waals surface area contributed by atoms with E-state index in [0.717, 1.165) is 0 Å². The Morgan fingerprint density at radius 3 is 2.85 bits per heavy atom. The molecule has 1 atom stereocenters. The summed E-state index contributed by atoms with van der Waals surface area (Å²) in [4.78, 5) is 23.3. The van der Waals surface area contributed by atoms with E-state index in [1.165, 1.54) is 12.4 Å². The van der Waals surface area contributed by atoms with Gasteiger partial charge in [0.2, 0.25) is 0 Å². The van der Waals surface area contributed by atoms with E-state index in [2.05, 4.69) is 25.5 Å². The second-order valence-electron chi connectivity index (χ2n) is 6.80. The van der Waals surface area contributed by atoms with Crippen LogP contribution >= 0.6 is 11.6 Å². The van der Waals surface area contributed by atoms with Crippen molar-refractivity contribution in [3.63, 3.8) is 0 Å². The summed E-state index contributed by atoms with van der Waals surface area (Å²) in [7, 11) is 0. The number of aromatic nitrogens is 3. The topological polar surface area (TPSA) is 116 Å². The second-order valence-corrected chi connectivity index (χ2v) is 7.20. The molecule has 0 radical (unpaired) electrons. The van der Waals surface area contributed by atoms with Crippen molar-refractivity contribution >= 4 is 23.1 Å². The summed E-state index contributed by atoms with van der Waals surface area (Å²) in [5.74, 6) is 0.483. The predicted octanol–water partition coefficient (Wildman–Crippen LogP) is 0.370. The summed E-state index contributed by atoms with van der Waals surface area (Å²) < 4.78 is 1.58. The monoisotopic (exact) mass is 392 g/mol. The highest BCUT2D eigenvalue weighted by molar-refractivity contribution is 6.31. The molecule has 4 rings (SSSR count). The third kappa shape index (κ3) is 3.21.